The second-order valence-corrected chi connectivity index (χ2v) is 7.44. The Morgan fingerprint density at radius 3 is 2.52 bits per heavy atom. The number of hydrogen-bond donors (Lipinski definition) is 0. The largest absolute Gasteiger partial charge is 0.353 e. The highest BCUT2D eigenvalue weighted by Gasteiger charge is 2.22. The minimum absolute atomic E-state index is 0.226. The number of hydrogen-bond acceptors (Lipinski definition) is 5. The summed E-state index contributed by atoms with van der Waals surface area (Å²) in [6.45, 7) is 7.01. The Bertz CT molecular complexity index is 990. The van der Waals surface area contributed by atoms with Gasteiger partial charge in [0, 0.05) is 51.1 Å². The molecular formula is C22H26N6O. The molecule has 3 heterocycles. The summed E-state index contributed by atoms with van der Waals surface area (Å²) in [5.41, 5.74) is 2.46. The van der Waals surface area contributed by atoms with Crippen molar-refractivity contribution >= 4 is 11.7 Å². The van der Waals surface area contributed by atoms with Crippen LogP contribution in [0.5, 0.6) is 0 Å². The van der Waals surface area contributed by atoms with Crippen LogP contribution in [0.3, 0.4) is 0 Å². The normalized spacial score (nSPS) is 14.3. The molecule has 0 bridgehead atoms. The van der Waals surface area contributed by atoms with Gasteiger partial charge in [0.15, 0.2) is 0 Å². The van der Waals surface area contributed by atoms with Crippen molar-refractivity contribution in [1.29, 1.82) is 0 Å². The van der Waals surface area contributed by atoms with E-state index in [9.17, 15) is 4.79 Å². The Kier molecular flexibility index (Phi) is 5.55. The van der Waals surface area contributed by atoms with Crippen molar-refractivity contribution in [2.75, 3.05) is 31.1 Å². The molecule has 0 aliphatic carbocycles. The first kappa shape index (κ1) is 19.1. The van der Waals surface area contributed by atoms with Crippen molar-refractivity contribution in [3.63, 3.8) is 0 Å². The molecule has 0 spiro atoms. The molecule has 7 nitrogen and oxygen atoms in total. The predicted octanol–water partition coefficient (Wildman–Crippen LogP) is 2.56. The molecule has 0 saturated carbocycles. The molecule has 2 aromatic heterocycles. The molecule has 1 saturated heterocycles. The van der Waals surface area contributed by atoms with E-state index in [1.54, 1.807) is 12.5 Å². The van der Waals surface area contributed by atoms with Gasteiger partial charge in [-0.3, -0.25) is 9.36 Å². The molecule has 1 amide bonds. The average Bonchev–Trinajstić information content (AvgIpc) is 3.18. The third-order valence-electron chi connectivity index (χ3n) is 5.38. The summed E-state index contributed by atoms with van der Waals surface area (Å²) in [4.78, 5) is 29.8. The maximum Gasteiger partial charge on any atom is 0.223 e. The third kappa shape index (κ3) is 4.45. The van der Waals surface area contributed by atoms with Crippen LogP contribution in [0.15, 0.2) is 49.1 Å². The molecule has 0 unspecified atom stereocenters. The van der Waals surface area contributed by atoms with Gasteiger partial charge in [-0.1, -0.05) is 29.8 Å². The van der Waals surface area contributed by atoms with Gasteiger partial charge < -0.3 is 9.80 Å². The summed E-state index contributed by atoms with van der Waals surface area (Å²) >= 11 is 0. The molecule has 1 fully saturated rings. The number of carbonyl (C=O) groups excluding carboxylic acids is 1. The molecule has 4 rings (SSSR count). The van der Waals surface area contributed by atoms with Crippen molar-refractivity contribution in [2.24, 2.45) is 0 Å². The Hall–Kier alpha value is -3.22. The van der Waals surface area contributed by atoms with Crippen LogP contribution in [0.2, 0.25) is 0 Å². The summed E-state index contributed by atoms with van der Waals surface area (Å²) in [6, 6.07) is 10.4. The highest BCUT2D eigenvalue weighted by atomic mass is 16.2. The number of anilines is 1. The first-order valence-electron chi connectivity index (χ1n) is 10.0. The number of rotatable bonds is 5. The molecule has 1 aliphatic heterocycles. The van der Waals surface area contributed by atoms with Crippen LogP contribution < -0.4 is 4.90 Å². The van der Waals surface area contributed by atoms with E-state index in [-0.39, 0.29) is 5.91 Å². The van der Waals surface area contributed by atoms with Gasteiger partial charge in [0.05, 0.1) is 0 Å². The Labute approximate surface area is 171 Å². The van der Waals surface area contributed by atoms with Gasteiger partial charge in [0.1, 0.15) is 23.8 Å². The third-order valence-corrected chi connectivity index (χ3v) is 5.38. The molecule has 0 radical (unpaired) electrons. The molecule has 1 aliphatic rings. The minimum Gasteiger partial charge on any atom is -0.353 e. The van der Waals surface area contributed by atoms with Gasteiger partial charge >= 0.3 is 0 Å². The van der Waals surface area contributed by atoms with Crippen LogP contribution in [0, 0.1) is 13.8 Å². The van der Waals surface area contributed by atoms with Crippen molar-refractivity contribution in [2.45, 2.75) is 26.7 Å². The van der Waals surface area contributed by atoms with E-state index >= 15 is 0 Å². The lowest BCUT2D eigenvalue weighted by Crippen LogP contribution is -2.49. The van der Waals surface area contributed by atoms with E-state index in [4.69, 9.17) is 0 Å². The topological polar surface area (TPSA) is 67.2 Å². The number of nitrogens with zero attached hydrogens (tertiary/aromatic N) is 6. The Morgan fingerprint density at radius 2 is 1.79 bits per heavy atom. The lowest BCUT2D eigenvalue weighted by Gasteiger charge is -2.35. The molecular weight excluding hydrogens is 364 g/mol. The molecule has 0 atom stereocenters. The number of aryl methyl sites for hydroxylation is 3. The monoisotopic (exact) mass is 390 g/mol. The molecule has 29 heavy (non-hydrogen) atoms. The van der Waals surface area contributed by atoms with Gasteiger partial charge in [-0.15, -0.1) is 0 Å². The van der Waals surface area contributed by atoms with E-state index in [1.807, 2.05) is 28.7 Å². The SMILES string of the molecule is Cc1cccc(CCC(=O)N2CCN(c3cc(-n4ccnc4C)ncn3)CC2)c1. The molecule has 1 aromatic carbocycles. The predicted molar refractivity (Wildman–Crippen MR) is 112 cm³/mol. The van der Waals surface area contributed by atoms with Crippen LogP contribution in [-0.2, 0) is 11.2 Å². The Balaban J connectivity index is 1.33. The van der Waals surface area contributed by atoms with E-state index in [0.29, 0.717) is 6.42 Å². The fraction of sp³-hybridized carbons (Fsp3) is 0.364. The fourth-order valence-electron chi connectivity index (χ4n) is 3.72. The Morgan fingerprint density at radius 1 is 1.00 bits per heavy atom. The van der Waals surface area contributed by atoms with Gasteiger partial charge in [0.2, 0.25) is 5.91 Å². The zero-order valence-corrected chi connectivity index (χ0v) is 17.0. The van der Waals surface area contributed by atoms with Crippen LogP contribution in [0.4, 0.5) is 5.82 Å². The summed E-state index contributed by atoms with van der Waals surface area (Å²) in [6.07, 6.45) is 6.59. The van der Waals surface area contributed by atoms with Crippen LogP contribution in [-0.4, -0.2) is 56.5 Å². The van der Waals surface area contributed by atoms with Crippen molar-refractivity contribution in [3.05, 3.63) is 66.0 Å². The quantitative estimate of drug-likeness (QED) is 0.670. The zero-order valence-electron chi connectivity index (χ0n) is 17.0. The first-order chi connectivity index (χ1) is 14.1. The number of piperazine rings is 1. The number of aromatic nitrogens is 4. The summed E-state index contributed by atoms with van der Waals surface area (Å²) in [7, 11) is 0. The lowest BCUT2D eigenvalue weighted by molar-refractivity contribution is -0.131. The van der Waals surface area contributed by atoms with Gasteiger partial charge in [-0.2, -0.15) is 0 Å². The maximum absolute atomic E-state index is 12.6. The second-order valence-electron chi connectivity index (χ2n) is 7.44. The zero-order chi connectivity index (χ0) is 20.2. The summed E-state index contributed by atoms with van der Waals surface area (Å²) < 4.78 is 1.94. The van der Waals surface area contributed by atoms with Crippen LogP contribution in [0.1, 0.15) is 23.4 Å². The second kappa shape index (κ2) is 8.43. The number of benzene rings is 1. The van der Waals surface area contributed by atoms with Crippen molar-refractivity contribution in [1.82, 2.24) is 24.4 Å². The lowest BCUT2D eigenvalue weighted by atomic mass is 10.1. The van der Waals surface area contributed by atoms with E-state index in [1.165, 1.54) is 11.1 Å². The van der Waals surface area contributed by atoms with Crippen LogP contribution in [0.25, 0.3) is 5.82 Å². The molecule has 0 N–H and O–H groups in total. The highest BCUT2D eigenvalue weighted by molar-refractivity contribution is 5.76. The summed E-state index contributed by atoms with van der Waals surface area (Å²) in [5, 5.41) is 0. The molecule has 3 aromatic rings. The average molecular weight is 390 g/mol. The van der Waals surface area contributed by atoms with Crippen molar-refractivity contribution < 1.29 is 4.79 Å². The number of carbonyl (C=O) groups is 1. The van der Waals surface area contributed by atoms with E-state index in [0.717, 1.165) is 50.1 Å². The fourth-order valence-corrected chi connectivity index (χ4v) is 3.72. The minimum atomic E-state index is 0.226. The first-order valence-corrected chi connectivity index (χ1v) is 10.0. The standard InChI is InChI=1S/C22H26N6O/c1-17-4-3-5-19(14-17)6-7-22(29)27-12-10-26(11-13-27)20-15-21(25-16-24-20)28-9-8-23-18(28)2/h3-5,8-9,14-16H,6-7,10-13H2,1-2H3. The van der Waals surface area contributed by atoms with Gasteiger partial charge in [-0.05, 0) is 25.8 Å². The van der Waals surface area contributed by atoms with Crippen molar-refractivity contribution in [3.8, 4) is 5.82 Å². The highest BCUT2D eigenvalue weighted by Crippen LogP contribution is 2.17. The molecule has 7 heteroatoms. The molecule has 150 valence electrons. The van der Waals surface area contributed by atoms with Gasteiger partial charge in [-0.25, -0.2) is 15.0 Å². The number of amides is 1. The van der Waals surface area contributed by atoms with E-state index in [2.05, 4.69) is 51.0 Å². The van der Waals surface area contributed by atoms with Gasteiger partial charge in [0.25, 0.3) is 0 Å². The van der Waals surface area contributed by atoms with Crippen LogP contribution >= 0.6 is 0 Å². The maximum atomic E-state index is 12.6. The summed E-state index contributed by atoms with van der Waals surface area (Å²) in [5.74, 6) is 2.80. The smallest absolute Gasteiger partial charge is 0.223 e. The van der Waals surface area contributed by atoms with E-state index < -0.39 is 0 Å². The number of imidazole rings is 1.